The topological polar surface area (TPSA) is 0 Å². The number of hydrogen-bond acceptors (Lipinski definition) is 0. The third kappa shape index (κ3) is 5.32. The van der Waals surface area contributed by atoms with E-state index in [1.54, 1.807) is 0 Å². The van der Waals surface area contributed by atoms with Gasteiger partial charge in [0.05, 0.1) is 0 Å². The molecule has 0 amide bonds. The normalized spacial score (nSPS) is 8.50. The Morgan fingerprint density at radius 2 is 1.75 bits per heavy atom. The summed E-state index contributed by atoms with van der Waals surface area (Å²) < 4.78 is -0.308. The van der Waals surface area contributed by atoms with E-state index in [1.807, 2.05) is 0 Å². The van der Waals surface area contributed by atoms with Gasteiger partial charge in [0.2, 0.25) is 0 Å². The molecule has 0 atom stereocenters. The van der Waals surface area contributed by atoms with Crippen LogP contribution in [0, 0.1) is 0 Å². The molecule has 0 heterocycles. The number of halogens is 1. The van der Waals surface area contributed by atoms with Crippen LogP contribution in [0.15, 0.2) is 0 Å². The van der Waals surface area contributed by atoms with E-state index in [0.717, 1.165) is 0 Å². The summed E-state index contributed by atoms with van der Waals surface area (Å²) in [4.78, 5) is 0. The van der Waals surface area contributed by atoms with Crippen molar-refractivity contribution in [3.05, 3.63) is 0 Å². The molecule has 0 nitrogen and oxygen atoms in total. The van der Waals surface area contributed by atoms with Crippen molar-refractivity contribution >= 4 is 46.7 Å². The van der Waals surface area contributed by atoms with Crippen molar-refractivity contribution in [2.24, 2.45) is 0 Å². The van der Waals surface area contributed by atoms with E-state index in [9.17, 15) is 0 Å². The van der Waals surface area contributed by atoms with E-state index in [0.29, 0.717) is 0 Å². The Morgan fingerprint density at radius 3 is 1.88 bits per heavy atom. The quantitative estimate of drug-likeness (QED) is 0.316. The number of hydrogen-bond donors (Lipinski definition) is 0. The summed E-state index contributed by atoms with van der Waals surface area (Å²) >= 11 is -0.345. The predicted molar refractivity (Wildman–Crippen MR) is 40.3 cm³/mol. The van der Waals surface area contributed by atoms with Gasteiger partial charge in [-0.15, -0.1) is 0 Å². The van der Waals surface area contributed by atoms with Gasteiger partial charge in [0.1, 0.15) is 0 Å². The monoisotopic (exact) mass is 204 g/mol. The summed E-state index contributed by atoms with van der Waals surface area (Å²) in [5, 5.41) is 0. The van der Waals surface area contributed by atoms with Crippen molar-refractivity contribution in [1.82, 2.24) is 0 Å². The average molecular weight is 203 g/mol. The molecule has 9 radical (unpaired) electrons. The van der Waals surface area contributed by atoms with Gasteiger partial charge in [0.15, 0.2) is 0 Å². The second-order valence-electron chi connectivity index (χ2n) is 1.21. The molecule has 0 saturated heterocycles. The minimum atomic E-state index is -0.345. The van der Waals surface area contributed by atoms with Crippen molar-refractivity contribution in [1.29, 1.82) is 0 Å². The Labute approximate surface area is 67.4 Å². The fourth-order valence-corrected chi connectivity index (χ4v) is 1.41. The molecular weight excluding hydrogens is 203 g/mol. The fraction of sp³-hybridized carbons (Fsp3) is 0. The summed E-state index contributed by atoms with van der Waals surface area (Å²) in [6.07, 6.45) is 0. The van der Waals surface area contributed by atoms with Crippen LogP contribution in [0.25, 0.3) is 0 Å². The summed E-state index contributed by atoms with van der Waals surface area (Å²) in [5.41, 5.74) is 0. The van der Waals surface area contributed by atoms with Crippen LogP contribution in [0.1, 0.15) is 0 Å². The van der Waals surface area contributed by atoms with Gasteiger partial charge in [-0.2, -0.15) is 0 Å². The molecule has 0 aromatic rings. The molecule has 0 aromatic heterocycles. The average Bonchev–Trinajstić information content (AvgIpc) is 1.65. The van der Waals surface area contributed by atoms with Crippen LogP contribution in [0.2, 0.25) is 0 Å². The molecule has 0 aliphatic heterocycles. The van der Waals surface area contributed by atoms with Crippen LogP contribution >= 0.6 is 0 Å². The van der Waals surface area contributed by atoms with Gasteiger partial charge in [-0.3, -0.25) is 0 Å². The van der Waals surface area contributed by atoms with Gasteiger partial charge in [0, 0.05) is 0 Å². The van der Waals surface area contributed by atoms with Crippen molar-refractivity contribution in [2.45, 2.75) is 0 Å². The van der Waals surface area contributed by atoms with Crippen LogP contribution in [0.4, 0.5) is 0 Å². The molecule has 0 unspecified atom stereocenters. The molecular formula is B7I-. The van der Waals surface area contributed by atoms with Gasteiger partial charge >= 0.3 is 67.5 Å². The molecule has 0 saturated carbocycles. The molecule has 0 aromatic carbocycles. The molecule has 8 heteroatoms. The molecule has 0 bridgehead atoms. The summed E-state index contributed by atoms with van der Waals surface area (Å²) in [7, 11) is 22.4. The van der Waals surface area contributed by atoms with E-state index in [4.69, 9.17) is 30.9 Å². The zero-order valence-electron chi connectivity index (χ0n) is 4.42. The van der Waals surface area contributed by atoms with Crippen molar-refractivity contribution in [3.8, 4) is 0 Å². The van der Waals surface area contributed by atoms with Gasteiger partial charge in [-0.1, -0.05) is 0 Å². The first kappa shape index (κ1) is 9.18. The minimum absolute atomic E-state index is 0.0613. The first-order valence-corrected chi connectivity index (χ1v) is 4.59. The molecule has 8 heavy (non-hydrogen) atoms. The van der Waals surface area contributed by atoms with Crippen LogP contribution < -0.4 is 20.8 Å². The fourth-order valence-electron chi connectivity index (χ4n) is 0.210. The second kappa shape index (κ2) is 5.01. The first-order chi connectivity index (χ1) is 3.66. The summed E-state index contributed by atoms with van der Waals surface area (Å²) in [6, 6.07) is 0. The standard InChI is InChI=1S/B7I/c1-5-7(4)8-6(2)3/q-1. The Balaban J connectivity index is 3.10. The number of rotatable bonds is 3. The SMILES string of the molecule is [B][B]B([B])[I-]B([B])[B]. The first-order valence-electron chi connectivity index (χ1n) is 2.10. The Hall–Kier alpha value is 1.18. The zero-order valence-corrected chi connectivity index (χ0v) is 6.58. The Bertz CT molecular complexity index is 50.3. The van der Waals surface area contributed by atoms with Crippen LogP contribution in [0.3, 0.4) is 0 Å². The summed E-state index contributed by atoms with van der Waals surface area (Å²) in [5.74, 6) is 0. The molecule has 0 rings (SSSR count). The zero-order chi connectivity index (χ0) is 6.57. The van der Waals surface area contributed by atoms with E-state index >= 15 is 0 Å². The van der Waals surface area contributed by atoms with E-state index < -0.39 is 0 Å². The molecule has 0 aliphatic rings. The van der Waals surface area contributed by atoms with Crippen LogP contribution in [-0.4, -0.2) is 46.7 Å². The van der Waals surface area contributed by atoms with Crippen LogP contribution in [-0.2, 0) is 0 Å². The molecule has 0 spiro atoms. The van der Waals surface area contributed by atoms with Crippen molar-refractivity contribution in [3.63, 3.8) is 0 Å². The molecule has 0 fully saturated rings. The van der Waals surface area contributed by atoms with E-state index in [1.165, 1.54) is 7.06 Å². The van der Waals surface area contributed by atoms with Crippen molar-refractivity contribution in [2.75, 3.05) is 0 Å². The predicted octanol–water partition coefficient (Wildman–Crippen LogP) is -5.66. The third-order valence-electron chi connectivity index (χ3n) is 0.475. The van der Waals surface area contributed by atoms with Crippen LogP contribution in [0.5, 0.6) is 0 Å². The van der Waals surface area contributed by atoms with Gasteiger partial charge in [-0.05, 0) is 0 Å². The molecule has 29 valence electrons. The maximum absolute atomic E-state index is 5.38. The second-order valence-corrected chi connectivity index (χ2v) is 4.80. The third-order valence-corrected chi connectivity index (χ3v) is 2.55. The molecule has 0 N–H and O–H groups in total. The van der Waals surface area contributed by atoms with Gasteiger partial charge < -0.3 is 0 Å². The van der Waals surface area contributed by atoms with E-state index in [-0.39, 0.29) is 29.5 Å². The molecule has 0 aliphatic carbocycles. The Kier molecular flexibility index (Phi) is 5.75. The van der Waals surface area contributed by atoms with Gasteiger partial charge in [0.25, 0.3) is 0 Å². The maximum atomic E-state index is 5.38. The summed E-state index contributed by atoms with van der Waals surface area (Å²) in [6.45, 7) is 0. The van der Waals surface area contributed by atoms with Gasteiger partial charge in [-0.25, -0.2) is 0 Å². The van der Waals surface area contributed by atoms with E-state index in [2.05, 4.69) is 0 Å². The Morgan fingerprint density at radius 1 is 1.25 bits per heavy atom. The van der Waals surface area contributed by atoms with Crippen molar-refractivity contribution < 1.29 is 20.8 Å².